The van der Waals surface area contributed by atoms with Crippen LogP contribution >= 0.6 is 34.8 Å². The number of amides is 2. The molecule has 0 aliphatic rings. The lowest BCUT2D eigenvalue weighted by Crippen LogP contribution is -2.41. The maximum atomic E-state index is 11.8. The third-order valence-corrected chi connectivity index (χ3v) is 4.91. The van der Waals surface area contributed by atoms with Gasteiger partial charge in [-0.05, 0) is 43.7 Å². The number of nitrogens with one attached hydrogen (secondary N) is 2. The minimum Gasteiger partial charge on any atom is -0.488 e. The van der Waals surface area contributed by atoms with E-state index in [0.717, 1.165) is 0 Å². The molecule has 2 amide bonds. The summed E-state index contributed by atoms with van der Waals surface area (Å²) in [6, 6.07) is 10.00. The fourth-order valence-corrected chi connectivity index (χ4v) is 2.86. The van der Waals surface area contributed by atoms with E-state index in [1.807, 2.05) is 6.92 Å². The van der Waals surface area contributed by atoms with Crippen molar-refractivity contribution < 1.29 is 14.3 Å². The molecule has 2 rings (SSSR count). The lowest BCUT2D eigenvalue weighted by molar-refractivity contribution is -0.139. The predicted octanol–water partition coefficient (Wildman–Crippen LogP) is 4.59. The molecule has 0 unspecified atom stereocenters. The molecular weight excluding hydrogens is 437 g/mol. The van der Waals surface area contributed by atoms with Crippen LogP contribution in [0.25, 0.3) is 0 Å². The highest BCUT2D eigenvalue weighted by Gasteiger charge is 2.14. The molecule has 2 aromatic carbocycles. The summed E-state index contributed by atoms with van der Waals surface area (Å²) in [6.07, 6.45) is 2.05. The van der Waals surface area contributed by atoms with Gasteiger partial charge >= 0.3 is 11.8 Å². The molecule has 0 saturated heterocycles. The number of hydrogen-bond donors (Lipinski definition) is 2. The third-order valence-electron chi connectivity index (χ3n) is 3.97. The molecule has 0 fully saturated rings. The lowest BCUT2D eigenvalue weighted by Gasteiger charge is -2.12. The van der Waals surface area contributed by atoms with E-state index in [2.05, 4.69) is 15.8 Å². The summed E-state index contributed by atoms with van der Waals surface area (Å²) in [5, 5.41) is 7.79. The van der Waals surface area contributed by atoms with E-state index >= 15 is 0 Å². The summed E-state index contributed by atoms with van der Waals surface area (Å²) in [5.41, 5.74) is 3.32. The van der Waals surface area contributed by atoms with Crippen LogP contribution in [0.4, 0.5) is 0 Å². The molecule has 0 aromatic heterocycles. The van der Waals surface area contributed by atoms with Crippen molar-refractivity contribution in [1.29, 1.82) is 0 Å². The molecule has 2 aromatic rings. The standard InChI is InChI=1S/C20H20Cl3N3O3/c1-3-12(2)25-19(27)20(28)26-24-10-13-9-14(21)7-8-18(13)29-11-15-16(22)5-4-6-17(15)23/h4-10,12H,3,11H2,1-2H3,(H,25,27)(H,26,28)/b24-10-/t12-/m0/s1. The topological polar surface area (TPSA) is 79.8 Å². The number of hydrogen-bond acceptors (Lipinski definition) is 4. The molecule has 0 heterocycles. The van der Waals surface area contributed by atoms with Gasteiger partial charge in [0.2, 0.25) is 0 Å². The highest BCUT2D eigenvalue weighted by Crippen LogP contribution is 2.27. The first-order chi connectivity index (χ1) is 13.8. The van der Waals surface area contributed by atoms with Crippen molar-refractivity contribution in [2.45, 2.75) is 32.9 Å². The maximum absolute atomic E-state index is 11.8. The van der Waals surface area contributed by atoms with Gasteiger partial charge < -0.3 is 10.1 Å². The van der Waals surface area contributed by atoms with E-state index < -0.39 is 11.8 Å². The van der Waals surface area contributed by atoms with Gasteiger partial charge in [-0.3, -0.25) is 9.59 Å². The van der Waals surface area contributed by atoms with Crippen molar-refractivity contribution in [2.75, 3.05) is 0 Å². The second-order valence-corrected chi connectivity index (χ2v) is 7.40. The minimum atomic E-state index is -0.867. The van der Waals surface area contributed by atoms with Gasteiger partial charge in [-0.1, -0.05) is 47.8 Å². The largest absolute Gasteiger partial charge is 0.488 e. The molecule has 6 nitrogen and oxygen atoms in total. The Morgan fingerprint density at radius 3 is 2.48 bits per heavy atom. The number of benzene rings is 2. The summed E-state index contributed by atoms with van der Waals surface area (Å²) in [7, 11) is 0. The van der Waals surface area contributed by atoms with Crippen molar-refractivity contribution >= 4 is 52.8 Å². The number of carbonyl (C=O) groups is 2. The Morgan fingerprint density at radius 2 is 1.83 bits per heavy atom. The van der Waals surface area contributed by atoms with E-state index in [9.17, 15) is 9.59 Å². The average Bonchev–Trinajstić information content (AvgIpc) is 2.68. The normalized spacial score (nSPS) is 11.9. The van der Waals surface area contributed by atoms with Gasteiger partial charge in [0.05, 0.1) is 6.21 Å². The first-order valence-electron chi connectivity index (χ1n) is 8.81. The second kappa shape index (κ2) is 11.0. The Hall–Kier alpha value is -2.28. The molecule has 1 atom stereocenters. The van der Waals surface area contributed by atoms with Crippen LogP contribution in [0.1, 0.15) is 31.4 Å². The van der Waals surface area contributed by atoms with Crippen LogP contribution in [0.5, 0.6) is 5.75 Å². The van der Waals surface area contributed by atoms with Crippen LogP contribution < -0.4 is 15.5 Å². The smallest absolute Gasteiger partial charge is 0.329 e. The van der Waals surface area contributed by atoms with E-state index in [1.165, 1.54) is 6.21 Å². The quantitative estimate of drug-likeness (QED) is 0.363. The zero-order valence-corrected chi connectivity index (χ0v) is 18.1. The molecule has 9 heteroatoms. The van der Waals surface area contributed by atoms with E-state index in [0.29, 0.717) is 38.4 Å². The van der Waals surface area contributed by atoms with Gasteiger partial charge in [0.15, 0.2) is 0 Å². The highest BCUT2D eigenvalue weighted by molar-refractivity contribution is 6.36. The molecule has 29 heavy (non-hydrogen) atoms. The third kappa shape index (κ3) is 6.92. The highest BCUT2D eigenvalue weighted by atomic mass is 35.5. The summed E-state index contributed by atoms with van der Waals surface area (Å²) >= 11 is 18.4. The number of carbonyl (C=O) groups excluding carboxylic acids is 2. The van der Waals surface area contributed by atoms with E-state index in [1.54, 1.807) is 43.3 Å². The zero-order chi connectivity index (χ0) is 21.4. The number of ether oxygens (including phenoxy) is 1. The van der Waals surface area contributed by atoms with Crippen molar-refractivity contribution in [2.24, 2.45) is 5.10 Å². The first kappa shape index (κ1) is 23.0. The number of halogens is 3. The molecule has 2 N–H and O–H groups in total. The molecular formula is C20H20Cl3N3O3. The van der Waals surface area contributed by atoms with Crippen molar-refractivity contribution in [1.82, 2.24) is 10.7 Å². The van der Waals surface area contributed by atoms with Crippen LogP contribution in [0, 0.1) is 0 Å². The van der Waals surface area contributed by atoms with Crippen molar-refractivity contribution in [3.05, 3.63) is 62.6 Å². The lowest BCUT2D eigenvalue weighted by atomic mass is 10.2. The van der Waals surface area contributed by atoms with Gasteiger partial charge in [-0.15, -0.1) is 0 Å². The summed E-state index contributed by atoms with van der Waals surface area (Å²) in [5.74, 6) is -1.17. The van der Waals surface area contributed by atoms with Crippen LogP contribution in [0.15, 0.2) is 41.5 Å². The van der Waals surface area contributed by atoms with Gasteiger partial charge in [0.1, 0.15) is 12.4 Å². The van der Waals surface area contributed by atoms with Crippen LogP contribution in [0.3, 0.4) is 0 Å². The average molecular weight is 457 g/mol. The molecule has 0 aliphatic carbocycles. The SMILES string of the molecule is CC[C@H](C)NC(=O)C(=O)N/N=C\c1cc(Cl)ccc1OCc1c(Cl)cccc1Cl. The fourth-order valence-electron chi connectivity index (χ4n) is 2.17. The first-order valence-corrected chi connectivity index (χ1v) is 9.94. The number of nitrogens with zero attached hydrogens (tertiary/aromatic N) is 1. The van der Waals surface area contributed by atoms with E-state index in [-0.39, 0.29) is 12.6 Å². The molecule has 0 spiro atoms. The van der Waals surface area contributed by atoms with Gasteiger partial charge in [0, 0.05) is 32.2 Å². The number of rotatable bonds is 7. The Kier molecular flexibility index (Phi) is 8.76. The Balaban J connectivity index is 2.07. The van der Waals surface area contributed by atoms with E-state index in [4.69, 9.17) is 39.5 Å². The molecule has 0 saturated carbocycles. The summed E-state index contributed by atoms with van der Waals surface area (Å²) in [4.78, 5) is 23.5. The van der Waals surface area contributed by atoms with Gasteiger partial charge in [-0.25, -0.2) is 5.43 Å². The van der Waals surface area contributed by atoms with Crippen LogP contribution in [0.2, 0.25) is 15.1 Å². The summed E-state index contributed by atoms with van der Waals surface area (Å²) in [6.45, 7) is 3.83. The maximum Gasteiger partial charge on any atom is 0.329 e. The van der Waals surface area contributed by atoms with Gasteiger partial charge in [0.25, 0.3) is 0 Å². The Morgan fingerprint density at radius 1 is 1.14 bits per heavy atom. The Bertz CT molecular complexity index is 899. The minimum absolute atomic E-state index is 0.109. The summed E-state index contributed by atoms with van der Waals surface area (Å²) < 4.78 is 5.80. The Labute approximate surface area is 184 Å². The molecule has 154 valence electrons. The monoisotopic (exact) mass is 455 g/mol. The van der Waals surface area contributed by atoms with Crippen LogP contribution in [-0.2, 0) is 16.2 Å². The zero-order valence-electron chi connectivity index (χ0n) is 15.8. The predicted molar refractivity (Wildman–Crippen MR) is 116 cm³/mol. The second-order valence-electron chi connectivity index (χ2n) is 6.15. The fraction of sp³-hybridized carbons (Fsp3) is 0.250. The van der Waals surface area contributed by atoms with Crippen molar-refractivity contribution in [3.63, 3.8) is 0 Å². The molecule has 0 bridgehead atoms. The molecule has 0 radical (unpaired) electrons. The van der Waals surface area contributed by atoms with Crippen molar-refractivity contribution in [3.8, 4) is 5.75 Å². The number of hydrazone groups is 1. The van der Waals surface area contributed by atoms with Gasteiger partial charge in [-0.2, -0.15) is 5.10 Å². The van der Waals surface area contributed by atoms with Crippen LogP contribution in [-0.4, -0.2) is 24.1 Å². The molecule has 0 aliphatic heterocycles.